The van der Waals surface area contributed by atoms with E-state index in [2.05, 4.69) is 4.72 Å². The molecule has 0 aliphatic heterocycles. The average Bonchev–Trinajstić information content (AvgIpc) is 2.43. The number of rotatable bonds is 3. The first-order valence-corrected chi connectivity index (χ1v) is 7.20. The summed E-state index contributed by atoms with van der Waals surface area (Å²) in [6.07, 6.45) is 0. The van der Waals surface area contributed by atoms with Crippen LogP contribution in [-0.2, 0) is 16.6 Å². The molecule has 6 heteroatoms. The maximum Gasteiger partial charge on any atom is 0.242 e. The molecule has 0 atom stereocenters. The van der Waals surface area contributed by atoms with Crippen LogP contribution in [0, 0.1) is 6.92 Å². The van der Waals surface area contributed by atoms with Gasteiger partial charge in [-0.05, 0) is 33.8 Å². The maximum absolute atomic E-state index is 12.0. The second-order valence-electron chi connectivity index (χ2n) is 4.65. The molecule has 92 valence electrons. The summed E-state index contributed by atoms with van der Waals surface area (Å²) in [5.41, 5.74) is -0.507. The SMILES string of the molecule is Cc1sc(CO)cc1S(=O)(=O)NC(C)(C)C. The first-order valence-electron chi connectivity index (χ1n) is 4.90. The van der Waals surface area contributed by atoms with Gasteiger partial charge >= 0.3 is 0 Å². The molecule has 0 radical (unpaired) electrons. The monoisotopic (exact) mass is 263 g/mol. The van der Waals surface area contributed by atoms with E-state index in [1.165, 1.54) is 17.4 Å². The number of nitrogens with one attached hydrogen (secondary N) is 1. The first-order chi connectivity index (χ1) is 7.15. The van der Waals surface area contributed by atoms with Crippen molar-refractivity contribution in [3.63, 3.8) is 0 Å². The lowest BCUT2D eigenvalue weighted by atomic mass is 10.1. The fourth-order valence-corrected chi connectivity index (χ4v) is 4.24. The van der Waals surface area contributed by atoms with E-state index in [1.807, 2.05) is 0 Å². The minimum absolute atomic E-state index is 0.128. The van der Waals surface area contributed by atoms with Crippen molar-refractivity contribution in [2.75, 3.05) is 0 Å². The largest absolute Gasteiger partial charge is 0.391 e. The van der Waals surface area contributed by atoms with Gasteiger partial charge in [-0.25, -0.2) is 13.1 Å². The molecule has 16 heavy (non-hydrogen) atoms. The van der Waals surface area contributed by atoms with Crippen LogP contribution in [0.4, 0.5) is 0 Å². The van der Waals surface area contributed by atoms with Crippen LogP contribution in [0.2, 0.25) is 0 Å². The van der Waals surface area contributed by atoms with Crippen LogP contribution in [-0.4, -0.2) is 19.1 Å². The van der Waals surface area contributed by atoms with Gasteiger partial charge in [0.25, 0.3) is 0 Å². The summed E-state index contributed by atoms with van der Waals surface area (Å²) in [5, 5.41) is 8.97. The minimum Gasteiger partial charge on any atom is -0.391 e. The number of sulfonamides is 1. The quantitative estimate of drug-likeness (QED) is 0.871. The number of aliphatic hydroxyl groups is 1. The third-order valence-corrected chi connectivity index (χ3v) is 4.86. The molecule has 0 amide bonds. The molecule has 0 unspecified atom stereocenters. The van der Waals surface area contributed by atoms with E-state index in [0.29, 0.717) is 9.75 Å². The van der Waals surface area contributed by atoms with Gasteiger partial charge in [-0.1, -0.05) is 0 Å². The Morgan fingerprint density at radius 3 is 2.38 bits per heavy atom. The van der Waals surface area contributed by atoms with Crippen molar-refractivity contribution in [3.05, 3.63) is 15.8 Å². The predicted octanol–water partition coefficient (Wildman–Crippen LogP) is 1.63. The number of thiophene rings is 1. The summed E-state index contributed by atoms with van der Waals surface area (Å²) < 4.78 is 26.6. The molecule has 1 rings (SSSR count). The zero-order valence-corrected chi connectivity index (χ0v) is 11.5. The number of hydrogen-bond donors (Lipinski definition) is 2. The normalized spacial score (nSPS) is 13.1. The Morgan fingerprint density at radius 2 is 2.00 bits per heavy atom. The molecule has 0 saturated carbocycles. The summed E-state index contributed by atoms with van der Waals surface area (Å²) in [5.74, 6) is 0. The Kier molecular flexibility index (Phi) is 3.79. The molecule has 1 aromatic rings. The van der Waals surface area contributed by atoms with E-state index < -0.39 is 15.6 Å². The summed E-state index contributed by atoms with van der Waals surface area (Å²) in [6.45, 7) is 6.98. The van der Waals surface area contributed by atoms with E-state index in [0.717, 1.165) is 0 Å². The molecular weight excluding hydrogens is 246 g/mol. The zero-order valence-electron chi connectivity index (χ0n) is 9.86. The van der Waals surface area contributed by atoms with Crippen LogP contribution in [0.3, 0.4) is 0 Å². The maximum atomic E-state index is 12.0. The molecule has 0 aliphatic carbocycles. The first kappa shape index (κ1) is 13.6. The Labute approximate surface area is 100 Å². The standard InChI is InChI=1S/C10H17NO3S2/c1-7-9(5-8(6-12)15-7)16(13,14)11-10(2,3)4/h5,11-12H,6H2,1-4H3. The van der Waals surface area contributed by atoms with Crippen LogP contribution in [0.5, 0.6) is 0 Å². The van der Waals surface area contributed by atoms with Crippen LogP contribution < -0.4 is 4.72 Å². The third-order valence-electron chi connectivity index (χ3n) is 1.81. The van der Waals surface area contributed by atoms with Crippen LogP contribution in [0.1, 0.15) is 30.5 Å². The summed E-state index contributed by atoms with van der Waals surface area (Å²) in [4.78, 5) is 1.61. The Bertz CT molecular complexity index is 469. The molecule has 1 aromatic heterocycles. The number of hydrogen-bond acceptors (Lipinski definition) is 4. The van der Waals surface area contributed by atoms with Gasteiger partial charge in [-0.3, -0.25) is 0 Å². The van der Waals surface area contributed by atoms with Gasteiger partial charge in [0.1, 0.15) is 0 Å². The lowest BCUT2D eigenvalue weighted by molar-refractivity contribution is 0.285. The zero-order chi connectivity index (χ0) is 12.6. The minimum atomic E-state index is -3.49. The van der Waals surface area contributed by atoms with Gasteiger partial charge in [-0.15, -0.1) is 11.3 Å². The highest BCUT2D eigenvalue weighted by molar-refractivity contribution is 7.89. The Balaban J connectivity index is 3.12. The Morgan fingerprint density at radius 1 is 1.44 bits per heavy atom. The van der Waals surface area contributed by atoms with Crippen LogP contribution in [0.25, 0.3) is 0 Å². The molecular formula is C10H17NO3S2. The van der Waals surface area contributed by atoms with Gasteiger partial charge < -0.3 is 5.11 Å². The number of aryl methyl sites for hydroxylation is 1. The second-order valence-corrected chi connectivity index (χ2v) is 7.64. The molecule has 0 aromatic carbocycles. The van der Waals surface area contributed by atoms with E-state index in [9.17, 15) is 8.42 Å². The van der Waals surface area contributed by atoms with Crippen LogP contribution >= 0.6 is 11.3 Å². The third kappa shape index (κ3) is 3.28. The highest BCUT2D eigenvalue weighted by atomic mass is 32.2. The fraction of sp³-hybridized carbons (Fsp3) is 0.600. The van der Waals surface area contributed by atoms with Crippen molar-refractivity contribution in [1.29, 1.82) is 0 Å². The smallest absolute Gasteiger partial charge is 0.242 e. The molecule has 0 aliphatic rings. The predicted molar refractivity (Wildman–Crippen MR) is 65.1 cm³/mol. The van der Waals surface area contributed by atoms with Crippen molar-refractivity contribution >= 4 is 21.4 Å². The van der Waals surface area contributed by atoms with Gasteiger partial charge in [0, 0.05) is 15.3 Å². The van der Waals surface area contributed by atoms with Crippen molar-refractivity contribution in [1.82, 2.24) is 4.72 Å². The van der Waals surface area contributed by atoms with E-state index >= 15 is 0 Å². The van der Waals surface area contributed by atoms with Crippen LogP contribution in [0.15, 0.2) is 11.0 Å². The van der Waals surface area contributed by atoms with Crippen molar-refractivity contribution in [3.8, 4) is 0 Å². The lowest BCUT2D eigenvalue weighted by Crippen LogP contribution is -2.40. The van der Waals surface area contributed by atoms with Gasteiger partial charge in [0.2, 0.25) is 10.0 Å². The highest BCUT2D eigenvalue weighted by Gasteiger charge is 2.25. The lowest BCUT2D eigenvalue weighted by Gasteiger charge is -2.20. The highest BCUT2D eigenvalue weighted by Crippen LogP contribution is 2.26. The molecule has 1 heterocycles. The second kappa shape index (κ2) is 4.44. The summed E-state index contributed by atoms with van der Waals surface area (Å²) in [7, 11) is -3.49. The van der Waals surface area contributed by atoms with E-state index in [1.54, 1.807) is 27.7 Å². The van der Waals surface area contributed by atoms with Crippen molar-refractivity contribution in [2.45, 2.75) is 44.7 Å². The summed E-state index contributed by atoms with van der Waals surface area (Å²) in [6, 6.07) is 1.52. The van der Waals surface area contributed by atoms with E-state index in [-0.39, 0.29) is 11.5 Å². The molecule has 2 N–H and O–H groups in total. The Hall–Kier alpha value is -0.430. The fourth-order valence-electron chi connectivity index (χ4n) is 1.33. The molecule has 0 bridgehead atoms. The van der Waals surface area contributed by atoms with E-state index in [4.69, 9.17) is 5.11 Å². The van der Waals surface area contributed by atoms with Crippen molar-refractivity contribution in [2.24, 2.45) is 0 Å². The summed E-state index contributed by atoms with van der Waals surface area (Å²) >= 11 is 1.30. The van der Waals surface area contributed by atoms with Gasteiger partial charge in [0.15, 0.2) is 0 Å². The molecule has 0 saturated heterocycles. The average molecular weight is 263 g/mol. The van der Waals surface area contributed by atoms with Gasteiger partial charge in [-0.2, -0.15) is 0 Å². The molecule has 4 nitrogen and oxygen atoms in total. The number of aliphatic hydroxyl groups excluding tert-OH is 1. The molecule has 0 spiro atoms. The molecule has 0 fully saturated rings. The topological polar surface area (TPSA) is 66.4 Å². The van der Waals surface area contributed by atoms with Gasteiger partial charge in [0.05, 0.1) is 11.5 Å². The van der Waals surface area contributed by atoms with Crippen molar-refractivity contribution < 1.29 is 13.5 Å².